The number of aliphatic hydroxyl groups excluding tert-OH is 1. The number of aryl methyl sites for hydroxylation is 2. The van der Waals surface area contributed by atoms with Crippen LogP contribution in [0.25, 0.3) is 0 Å². The summed E-state index contributed by atoms with van der Waals surface area (Å²) in [6.07, 6.45) is 2.10. The smallest absolute Gasteiger partial charge is 0.0584 e. The van der Waals surface area contributed by atoms with E-state index in [-0.39, 0.29) is 12.0 Å². The van der Waals surface area contributed by atoms with Crippen LogP contribution in [0.1, 0.15) is 25.0 Å². The second kappa shape index (κ2) is 5.72. The van der Waals surface area contributed by atoms with Gasteiger partial charge in [-0.05, 0) is 36.1 Å². The Morgan fingerprint density at radius 3 is 2.17 bits per heavy atom. The van der Waals surface area contributed by atoms with Crippen molar-refractivity contribution in [3.63, 3.8) is 0 Å². The zero-order chi connectivity index (χ0) is 13.0. The van der Waals surface area contributed by atoms with Gasteiger partial charge >= 0.3 is 0 Å². The Kier molecular flexibility index (Phi) is 4.25. The molecule has 0 atom stereocenters. The molecule has 0 aromatic heterocycles. The molecule has 0 bridgehead atoms. The van der Waals surface area contributed by atoms with E-state index >= 15 is 0 Å². The molecular formula is C15H23NO2. The van der Waals surface area contributed by atoms with E-state index in [0.717, 1.165) is 25.1 Å². The van der Waals surface area contributed by atoms with E-state index in [1.807, 2.05) is 0 Å². The summed E-state index contributed by atoms with van der Waals surface area (Å²) in [7, 11) is 0. The SMILES string of the molecule is CCc1cc(CC)cc(NCC2(CO)COC2)c1. The standard InChI is InChI=1S/C15H23NO2/c1-3-12-5-13(4-2)7-14(6-12)16-8-15(9-17)10-18-11-15/h5-7,16-17H,3-4,8-11H2,1-2H3. The molecule has 0 saturated carbocycles. The first kappa shape index (κ1) is 13.4. The van der Waals surface area contributed by atoms with Crippen molar-refractivity contribution in [3.05, 3.63) is 29.3 Å². The third-order valence-corrected chi connectivity index (χ3v) is 3.69. The predicted molar refractivity (Wildman–Crippen MR) is 74.0 cm³/mol. The van der Waals surface area contributed by atoms with Gasteiger partial charge in [-0.15, -0.1) is 0 Å². The number of anilines is 1. The highest BCUT2D eigenvalue weighted by Crippen LogP contribution is 2.27. The highest BCUT2D eigenvalue weighted by atomic mass is 16.5. The summed E-state index contributed by atoms with van der Waals surface area (Å²) < 4.78 is 5.21. The molecule has 18 heavy (non-hydrogen) atoms. The highest BCUT2D eigenvalue weighted by Gasteiger charge is 2.37. The number of benzene rings is 1. The van der Waals surface area contributed by atoms with Gasteiger partial charge in [-0.2, -0.15) is 0 Å². The lowest BCUT2D eigenvalue weighted by Crippen LogP contribution is -2.50. The summed E-state index contributed by atoms with van der Waals surface area (Å²) in [5.41, 5.74) is 3.81. The van der Waals surface area contributed by atoms with Gasteiger partial charge in [0.1, 0.15) is 0 Å². The van der Waals surface area contributed by atoms with Crippen molar-refractivity contribution in [1.82, 2.24) is 0 Å². The van der Waals surface area contributed by atoms with Crippen LogP contribution in [0.5, 0.6) is 0 Å². The minimum Gasteiger partial charge on any atom is -0.396 e. The molecule has 0 spiro atoms. The van der Waals surface area contributed by atoms with E-state index in [1.54, 1.807) is 0 Å². The maximum atomic E-state index is 9.40. The van der Waals surface area contributed by atoms with Gasteiger partial charge in [-0.3, -0.25) is 0 Å². The van der Waals surface area contributed by atoms with E-state index in [0.29, 0.717) is 13.2 Å². The summed E-state index contributed by atoms with van der Waals surface area (Å²) in [6.45, 7) is 6.63. The number of hydrogen-bond acceptors (Lipinski definition) is 3. The summed E-state index contributed by atoms with van der Waals surface area (Å²) >= 11 is 0. The van der Waals surface area contributed by atoms with Crippen LogP contribution in [0.15, 0.2) is 18.2 Å². The first-order valence-corrected chi connectivity index (χ1v) is 6.76. The molecule has 1 aliphatic heterocycles. The van der Waals surface area contributed by atoms with Gasteiger partial charge in [0.2, 0.25) is 0 Å². The van der Waals surface area contributed by atoms with E-state index in [9.17, 15) is 5.11 Å². The molecule has 1 aromatic carbocycles. The fourth-order valence-corrected chi connectivity index (χ4v) is 2.20. The van der Waals surface area contributed by atoms with Crippen LogP contribution in [0, 0.1) is 5.41 Å². The monoisotopic (exact) mass is 249 g/mol. The molecule has 3 heteroatoms. The second-order valence-corrected chi connectivity index (χ2v) is 5.25. The van der Waals surface area contributed by atoms with Crippen molar-refractivity contribution in [3.8, 4) is 0 Å². The Bertz CT molecular complexity index is 372. The Balaban J connectivity index is 2.04. The lowest BCUT2D eigenvalue weighted by molar-refractivity contribution is -0.128. The molecule has 2 N–H and O–H groups in total. The van der Waals surface area contributed by atoms with Crippen molar-refractivity contribution in [2.75, 3.05) is 31.7 Å². The van der Waals surface area contributed by atoms with Crippen molar-refractivity contribution in [1.29, 1.82) is 0 Å². The Morgan fingerprint density at radius 2 is 1.78 bits per heavy atom. The molecule has 0 radical (unpaired) electrons. The van der Waals surface area contributed by atoms with Crippen LogP contribution in [-0.2, 0) is 17.6 Å². The minimum atomic E-state index is -0.0748. The number of nitrogens with one attached hydrogen (secondary N) is 1. The maximum Gasteiger partial charge on any atom is 0.0584 e. The molecule has 100 valence electrons. The number of ether oxygens (including phenoxy) is 1. The minimum absolute atomic E-state index is 0.0748. The van der Waals surface area contributed by atoms with Crippen LogP contribution in [0.4, 0.5) is 5.69 Å². The Hall–Kier alpha value is -1.06. The van der Waals surface area contributed by atoms with Gasteiger partial charge in [0.15, 0.2) is 0 Å². The van der Waals surface area contributed by atoms with Gasteiger partial charge in [0.05, 0.1) is 25.2 Å². The molecule has 1 aliphatic rings. The summed E-state index contributed by atoms with van der Waals surface area (Å²) in [5.74, 6) is 0. The number of hydrogen-bond donors (Lipinski definition) is 2. The Labute approximate surface area is 109 Å². The molecule has 1 aromatic rings. The molecule has 0 unspecified atom stereocenters. The fraction of sp³-hybridized carbons (Fsp3) is 0.600. The van der Waals surface area contributed by atoms with Crippen LogP contribution < -0.4 is 5.32 Å². The maximum absolute atomic E-state index is 9.40. The van der Waals surface area contributed by atoms with Gasteiger partial charge < -0.3 is 15.2 Å². The first-order chi connectivity index (χ1) is 8.71. The molecule has 1 heterocycles. The third-order valence-electron chi connectivity index (χ3n) is 3.69. The average Bonchev–Trinajstić information content (AvgIpc) is 2.37. The zero-order valence-corrected chi connectivity index (χ0v) is 11.3. The van der Waals surface area contributed by atoms with Crippen molar-refractivity contribution >= 4 is 5.69 Å². The van der Waals surface area contributed by atoms with Crippen LogP contribution in [0.2, 0.25) is 0 Å². The van der Waals surface area contributed by atoms with Gasteiger partial charge in [-0.1, -0.05) is 19.9 Å². The molecule has 1 fully saturated rings. The zero-order valence-electron chi connectivity index (χ0n) is 11.3. The van der Waals surface area contributed by atoms with Crippen LogP contribution in [0.3, 0.4) is 0 Å². The van der Waals surface area contributed by atoms with Crippen molar-refractivity contribution < 1.29 is 9.84 Å². The molecule has 0 amide bonds. The number of aliphatic hydroxyl groups is 1. The van der Waals surface area contributed by atoms with E-state index in [4.69, 9.17) is 4.74 Å². The lowest BCUT2D eigenvalue weighted by atomic mass is 9.87. The van der Waals surface area contributed by atoms with Crippen molar-refractivity contribution in [2.45, 2.75) is 26.7 Å². The molecule has 0 aliphatic carbocycles. The first-order valence-electron chi connectivity index (χ1n) is 6.76. The van der Waals surface area contributed by atoms with Gasteiger partial charge in [-0.25, -0.2) is 0 Å². The lowest BCUT2D eigenvalue weighted by Gasteiger charge is -2.40. The summed E-state index contributed by atoms with van der Waals surface area (Å²) in [6, 6.07) is 6.66. The summed E-state index contributed by atoms with van der Waals surface area (Å²) in [5, 5.41) is 12.8. The Morgan fingerprint density at radius 1 is 1.17 bits per heavy atom. The molecule has 2 rings (SSSR count). The number of rotatable bonds is 6. The van der Waals surface area contributed by atoms with E-state index in [1.165, 1.54) is 11.1 Å². The van der Waals surface area contributed by atoms with Gasteiger partial charge in [0.25, 0.3) is 0 Å². The summed E-state index contributed by atoms with van der Waals surface area (Å²) in [4.78, 5) is 0. The predicted octanol–water partition coefficient (Wildman–Crippen LogP) is 2.23. The molecule has 3 nitrogen and oxygen atoms in total. The fourth-order valence-electron chi connectivity index (χ4n) is 2.20. The normalized spacial score (nSPS) is 17.3. The van der Waals surface area contributed by atoms with Crippen molar-refractivity contribution in [2.24, 2.45) is 5.41 Å². The topological polar surface area (TPSA) is 41.5 Å². The van der Waals surface area contributed by atoms with Crippen LogP contribution >= 0.6 is 0 Å². The van der Waals surface area contributed by atoms with E-state index in [2.05, 4.69) is 37.4 Å². The average molecular weight is 249 g/mol. The van der Waals surface area contributed by atoms with E-state index < -0.39 is 0 Å². The second-order valence-electron chi connectivity index (χ2n) is 5.25. The van der Waals surface area contributed by atoms with Gasteiger partial charge in [0, 0.05) is 12.2 Å². The largest absolute Gasteiger partial charge is 0.396 e. The van der Waals surface area contributed by atoms with Crippen LogP contribution in [-0.4, -0.2) is 31.5 Å². The molecule has 1 saturated heterocycles. The third kappa shape index (κ3) is 2.85. The quantitative estimate of drug-likeness (QED) is 0.812. The molecular weight excluding hydrogens is 226 g/mol. The highest BCUT2D eigenvalue weighted by molar-refractivity contribution is 5.49.